The number of benzene rings is 1. The van der Waals surface area contributed by atoms with Crippen LogP contribution in [0.4, 0.5) is 5.69 Å². The number of fused-ring (bicyclic) bond motifs is 3. The molecule has 0 radical (unpaired) electrons. The van der Waals surface area contributed by atoms with Crippen molar-refractivity contribution < 1.29 is 9.84 Å². The number of methoxy groups -OCH3 is 1. The highest BCUT2D eigenvalue weighted by molar-refractivity contribution is 6.34. The van der Waals surface area contributed by atoms with Crippen LogP contribution in [0, 0.1) is 17.3 Å². The standard InChI is InChI=1S/C24H28ClN5O2/c1-22(31)16-4-17(22)9-28(8-16)21-5-20-15(3-19(21)25)6-27-30(20)18-7-26-29(10-18)24-11-23(12-24,13-24)14-32-2/h3,5-7,10,16-17,31H,4,8-9,11-14H2,1-2H3. The lowest BCUT2D eigenvalue weighted by atomic mass is 9.39. The smallest absolute Gasteiger partial charge is 0.103 e. The Bertz CT molecular complexity index is 1210. The van der Waals surface area contributed by atoms with Gasteiger partial charge >= 0.3 is 0 Å². The molecule has 168 valence electrons. The summed E-state index contributed by atoms with van der Waals surface area (Å²) in [6, 6.07) is 4.16. The van der Waals surface area contributed by atoms with Gasteiger partial charge < -0.3 is 14.7 Å². The van der Waals surface area contributed by atoms with E-state index in [4.69, 9.17) is 21.4 Å². The molecule has 32 heavy (non-hydrogen) atoms. The highest BCUT2D eigenvalue weighted by Gasteiger charge is 2.69. The first-order valence-corrected chi connectivity index (χ1v) is 11.9. The van der Waals surface area contributed by atoms with Crippen molar-refractivity contribution in [1.29, 1.82) is 0 Å². The third kappa shape index (κ3) is 2.39. The number of hydrogen-bond acceptors (Lipinski definition) is 5. The van der Waals surface area contributed by atoms with Gasteiger partial charge in [-0.25, -0.2) is 4.68 Å². The van der Waals surface area contributed by atoms with Crippen LogP contribution in [0.1, 0.15) is 32.6 Å². The first kappa shape index (κ1) is 19.4. The highest BCUT2D eigenvalue weighted by atomic mass is 35.5. The van der Waals surface area contributed by atoms with E-state index in [9.17, 15) is 5.11 Å². The number of anilines is 1. The van der Waals surface area contributed by atoms with Crippen molar-refractivity contribution in [3.05, 3.63) is 35.7 Å². The largest absolute Gasteiger partial charge is 0.389 e. The molecule has 0 amide bonds. The van der Waals surface area contributed by atoms with Crippen LogP contribution in [0.5, 0.6) is 0 Å². The minimum absolute atomic E-state index is 0.167. The minimum atomic E-state index is -0.535. The van der Waals surface area contributed by atoms with Gasteiger partial charge in [-0.3, -0.25) is 4.68 Å². The summed E-state index contributed by atoms with van der Waals surface area (Å²) in [7, 11) is 1.79. The van der Waals surface area contributed by atoms with Crippen molar-refractivity contribution in [3.63, 3.8) is 0 Å². The summed E-state index contributed by atoms with van der Waals surface area (Å²) in [5.74, 6) is 0.621. The fourth-order valence-corrected chi connectivity index (χ4v) is 7.41. The zero-order valence-electron chi connectivity index (χ0n) is 18.5. The molecule has 0 spiro atoms. The van der Waals surface area contributed by atoms with E-state index < -0.39 is 5.60 Å². The first-order chi connectivity index (χ1) is 15.3. The second-order valence-corrected chi connectivity index (χ2v) is 11.4. The molecular formula is C24H28ClN5O2. The third-order valence-electron chi connectivity index (χ3n) is 8.94. The quantitative estimate of drug-likeness (QED) is 0.639. The normalized spacial score (nSPS) is 37.2. The maximum absolute atomic E-state index is 10.6. The number of aliphatic hydroxyl groups is 1. The van der Waals surface area contributed by atoms with Gasteiger partial charge in [0.2, 0.25) is 0 Å². The van der Waals surface area contributed by atoms with Gasteiger partial charge in [-0.2, -0.15) is 10.2 Å². The Morgan fingerprint density at radius 1 is 1.16 bits per heavy atom. The molecule has 2 aliphatic heterocycles. The number of halogens is 1. The molecule has 6 fully saturated rings. The van der Waals surface area contributed by atoms with E-state index in [0.29, 0.717) is 17.3 Å². The number of rotatable bonds is 5. The summed E-state index contributed by atoms with van der Waals surface area (Å²) in [5, 5.41) is 21.7. The Morgan fingerprint density at radius 2 is 1.91 bits per heavy atom. The van der Waals surface area contributed by atoms with Crippen molar-refractivity contribution in [3.8, 4) is 5.69 Å². The molecule has 2 saturated heterocycles. The van der Waals surface area contributed by atoms with Crippen LogP contribution >= 0.6 is 11.6 Å². The monoisotopic (exact) mass is 453 g/mol. The first-order valence-electron chi connectivity index (χ1n) is 11.5. The summed E-state index contributed by atoms with van der Waals surface area (Å²) in [6.45, 7) is 4.51. The maximum atomic E-state index is 10.6. The predicted molar refractivity (Wildman–Crippen MR) is 122 cm³/mol. The van der Waals surface area contributed by atoms with Crippen LogP contribution < -0.4 is 4.90 Å². The number of piperidine rings is 2. The SMILES string of the molecule is COCC12CC(n3cc(-n4ncc5cc(Cl)c(N6CC7CC(C6)C7(C)O)cc54)cn3)(C1)C2. The lowest BCUT2D eigenvalue weighted by Crippen LogP contribution is -2.69. The van der Waals surface area contributed by atoms with Crippen molar-refractivity contribution in [1.82, 2.24) is 19.6 Å². The van der Waals surface area contributed by atoms with Gasteiger partial charge in [0.05, 0.1) is 52.6 Å². The van der Waals surface area contributed by atoms with Crippen molar-refractivity contribution in [2.24, 2.45) is 17.3 Å². The van der Waals surface area contributed by atoms with E-state index in [2.05, 4.69) is 26.9 Å². The molecule has 4 heterocycles. The second kappa shape index (κ2) is 6.07. The molecule has 4 bridgehead atoms. The summed E-state index contributed by atoms with van der Waals surface area (Å²) in [6.07, 6.45) is 10.5. The van der Waals surface area contributed by atoms with Crippen LogP contribution in [0.2, 0.25) is 5.02 Å². The zero-order valence-corrected chi connectivity index (χ0v) is 19.2. The van der Waals surface area contributed by atoms with Gasteiger partial charge in [-0.15, -0.1) is 0 Å². The third-order valence-corrected chi connectivity index (χ3v) is 9.25. The lowest BCUT2D eigenvalue weighted by molar-refractivity contribution is -0.217. The molecule has 1 aromatic carbocycles. The predicted octanol–water partition coefficient (Wildman–Crippen LogP) is 3.61. The van der Waals surface area contributed by atoms with Crippen LogP contribution in [0.3, 0.4) is 0 Å². The van der Waals surface area contributed by atoms with Crippen molar-refractivity contribution in [2.45, 2.75) is 43.7 Å². The molecule has 2 aromatic heterocycles. The van der Waals surface area contributed by atoms with E-state index in [1.807, 2.05) is 30.1 Å². The van der Waals surface area contributed by atoms with E-state index in [1.54, 1.807) is 7.11 Å². The van der Waals surface area contributed by atoms with Crippen LogP contribution in [0.15, 0.2) is 30.7 Å². The molecule has 1 N–H and O–H groups in total. The Balaban J connectivity index is 1.19. The van der Waals surface area contributed by atoms with E-state index in [-0.39, 0.29) is 5.54 Å². The maximum Gasteiger partial charge on any atom is 0.103 e. The Hall–Kier alpha value is -2.09. The molecule has 4 saturated carbocycles. The average molecular weight is 454 g/mol. The number of aromatic nitrogens is 4. The molecule has 8 heteroatoms. The Kier molecular flexibility index (Phi) is 3.68. The highest BCUT2D eigenvalue weighted by Crippen LogP contribution is 2.71. The van der Waals surface area contributed by atoms with Gasteiger partial charge in [-0.1, -0.05) is 11.6 Å². The van der Waals surface area contributed by atoms with E-state index in [0.717, 1.165) is 72.7 Å². The number of nitrogens with zero attached hydrogens (tertiary/aromatic N) is 5. The topological polar surface area (TPSA) is 68.3 Å². The number of hydrogen-bond donors (Lipinski definition) is 1. The van der Waals surface area contributed by atoms with Crippen LogP contribution in [-0.2, 0) is 10.3 Å². The van der Waals surface area contributed by atoms with Crippen LogP contribution in [-0.4, -0.2) is 57.1 Å². The summed E-state index contributed by atoms with van der Waals surface area (Å²) in [4.78, 5) is 2.33. The van der Waals surface area contributed by atoms with Gasteiger partial charge in [0.15, 0.2) is 0 Å². The van der Waals surface area contributed by atoms with Gasteiger partial charge in [0.1, 0.15) is 5.69 Å². The van der Waals surface area contributed by atoms with E-state index >= 15 is 0 Å². The zero-order chi connectivity index (χ0) is 21.9. The Labute approximate surface area is 191 Å². The van der Waals surface area contributed by atoms with Crippen LogP contribution in [0.25, 0.3) is 16.6 Å². The fraction of sp³-hybridized carbons (Fsp3) is 0.583. The molecule has 6 aliphatic rings. The van der Waals surface area contributed by atoms with Gasteiger partial charge in [0, 0.05) is 42.8 Å². The number of ether oxygens (including phenoxy) is 1. The van der Waals surface area contributed by atoms with Crippen molar-refractivity contribution in [2.75, 3.05) is 31.7 Å². The fourth-order valence-electron chi connectivity index (χ4n) is 7.12. The lowest BCUT2D eigenvalue weighted by Gasteiger charge is -2.70. The van der Waals surface area contributed by atoms with E-state index in [1.165, 1.54) is 0 Å². The summed E-state index contributed by atoms with van der Waals surface area (Å²) >= 11 is 6.69. The summed E-state index contributed by atoms with van der Waals surface area (Å²) in [5.41, 5.74) is 3.04. The molecule has 2 atom stereocenters. The molecule has 9 rings (SSSR count). The Morgan fingerprint density at radius 3 is 2.59 bits per heavy atom. The molecule has 2 unspecified atom stereocenters. The molecule has 3 aromatic rings. The van der Waals surface area contributed by atoms with Gasteiger partial charge in [0.25, 0.3) is 0 Å². The molecule has 4 aliphatic carbocycles. The van der Waals surface area contributed by atoms with Gasteiger partial charge in [-0.05, 0) is 44.7 Å². The average Bonchev–Trinajstić information content (AvgIpc) is 3.35. The minimum Gasteiger partial charge on any atom is -0.389 e. The summed E-state index contributed by atoms with van der Waals surface area (Å²) < 4.78 is 9.51. The molecule has 7 nitrogen and oxygen atoms in total. The molecular weight excluding hydrogens is 426 g/mol. The second-order valence-electron chi connectivity index (χ2n) is 11.0. The van der Waals surface area contributed by atoms with Crippen molar-refractivity contribution >= 4 is 28.2 Å².